The van der Waals surface area contributed by atoms with Gasteiger partial charge in [0.25, 0.3) is 0 Å². The molecule has 1 aromatic carbocycles. The van der Waals surface area contributed by atoms with E-state index in [0.29, 0.717) is 0 Å². The van der Waals surface area contributed by atoms with Gasteiger partial charge >= 0.3 is 0 Å². The Bertz CT molecular complexity index is 336. The lowest BCUT2D eigenvalue weighted by atomic mass is 9.75. The molecule has 1 fully saturated rings. The third-order valence-electron chi connectivity index (χ3n) is 3.71. The van der Waals surface area contributed by atoms with Crippen molar-refractivity contribution in [3.63, 3.8) is 0 Å². The molecule has 0 aliphatic heterocycles. The fourth-order valence-corrected chi connectivity index (χ4v) is 2.37. The predicted octanol–water partition coefficient (Wildman–Crippen LogP) is 2.90. The van der Waals surface area contributed by atoms with E-state index < -0.39 is 5.60 Å². The summed E-state index contributed by atoms with van der Waals surface area (Å²) < 4.78 is 0. The standard InChI is InChI=1S/C14H21NO/c1-3-15(4-2)13-8-6-12(7-9-13)14(16)10-5-11-14/h6-9,16H,3-5,10-11H2,1-2H3. The zero-order valence-electron chi connectivity index (χ0n) is 10.2. The first-order chi connectivity index (χ1) is 7.69. The maximum Gasteiger partial charge on any atom is 0.0896 e. The van der Waals surface area contributed by atoms with E-state index in [1.807, 2.05) is 0 Å². The Morgan fingerprint density at radius 1 is 1.12 bits per heavy atom. The maximum absolute atomic E-state index is 10.2. The molecule has 0 spiro atoms. The van der Waals surface area contributed by atoms with Gasteiger partial charge in [0.15, 0.2) is 0 Å². The number of rotatable bonds is 4. The van der Waals surface area contributed by atoms with E-state index in [-0.39, 0.29) is 0 Å². The van der Waals surface area contributed by atoms with Gasteiger partial charge in [-0.25, -0.2) is 0 Å². The molecule has 1 saturated carbocycles. The third kappa shape index (κ3) is 1.94. The molecule has 0 unspecified atom stereocenters. The molecule has 0 saturated heterocycles. The van der Waals surface area contributed by atoms with Crippen molar-refractivity contribution in [1.82, 2.24) is 0 Å². The molecule has 88 valence electrons. The molecular weight excluding hydrogens is 198 g/mol. The van der Waals surface area contributed by atoms with Gasteiger partial charge in [0.2, 0.25) is 0 Å². The molecule has 0 bridgehead atoms. The average Bonchev–Trinajstić information content (AvgIpc) is 2.28. The Morgan fingerprint density at radius 2 is 1.69 bits per heavy atom. The average molecular weight is 219 g/mol. The first kappa shape index (κ1) is 11.5. The van der Waals surface area contributed by atoms with Crippen molar-refractivity contribution in [1.29, 1.82) is 0 Å². The Kier molecular flexibility index (Phi) is 3.20. The maximum atomic E-state index is 10.2. The molecular formula is C14H21NO. The molecule has 0 atom stereocenters. The lowest BCUT2D eigenvalue weighted by Gasteiger charge is -2.37. The number of nitrogens with zero attached hydrogens (tertiary/aromatic N) is 1. The topological polar surface area (TPSA) is 23.5 Å². The SMILES string of the molecule is CCN(CC)c1ccc(C2(O)CCC2)cc1. The minimum absolute atomic E-state index is 0.526. The summed E-state index contributed by atoms with van der Waals surface area (Å²) in [4.78, 5) is 2.31. The normalized spacial score (nSPS) is 17.9. The van der Waals surface area contributed by atoms with E-state index in [1.165, 1.54) is 5.69 Å². The van der Waals surface area contributed by atoms with Crippen LogP contribution >= 0.6 is 0 Å². The summed E-state index contributed by atoms with van der Waals surface area (Å²) in [5.41, 5.74) is 1.80. The largest absolute Gasteiger partial charge is 0.385 e. The van der Waals surface area contributed by atoms with Gasteiger partial charge in [0.1, 0.15) is 0 Å². The number of hydrogen-bond acceptors (Lipinski definition) is 2. The number of benzene rings is 1. The van der Waals surface area contributed by atoms with Crippen molar-refractivity contribution < 1.29 is 5.11 Å². The van der Waals surface area contributed by atoms with Gasteiger partial charge in [-0.05, 0) is 50.8 Å². The van der Waals surface area contributed by atoms with E-state index >= 15 is 0 Å². The number of hydrogen-bond donors (Lipinski definition) is 1. The first-order valence-electron chi connectivity index (χ1n) is 6.27. The van der Waals surface area contributed by atoms with Crippen LogP contribution in [0.5, 0.6) is 0 Å². The highest BCUT2D eigenvalue weighted by Crippen LogP contribution is 2.41. The summed E-state index contributed by atoms with van der Waals surface area (Å²) in [5.74, 6) is 0. The lowest BCUT2D eigenvalue weighted by Crippen LogP contribution is -2.33. The van der Waals surface area contributed by atoms with Crippen molar-refractivity contribution in [3.8, 4) is 0 Å². The fourth-order valence-electron chi connectivity index (χ4n) is 2.37. The number of anilines is 1. The van der Waals surface area contributed by atoms with E-state index in [0.717, 1.165) is 37.9 Å². The van der Waals surface area contributed by atoms with Crippen molar-refractivity contribution >= 4 is 5.69 Å². The first-order valence-corrected chi connectivity index (χ1v) is 6.27. The van der Waals surface area contributed by atoms with E-state index in [2.05, 4.69) is 43.0 Å². The third-order valence-corrected chi connectivity index (χ3v) is 3.71. The zero-order chi connectivity index (χ0) is 11.6. The summed E-state index contributed by atoms with van der Waals surface area (Å²) in [6, 6.07) is 8.40. The van der Waals surface area contributed by atoms with E-state index in [4.69, 9.17) is 0 Å². The second kappa shape index (κ2) is 4.46. The highest BCUT2D eigenvalue weighted by atomic mass is 16.3. The monoisotopic (exact) mass is 219 g/mol. The second-order valence-electron chi connectivity index (χ2n) is 4.60. The minimum atomic E-state index is -0.526. The lowest BCUT2D eigenvalue weighted by molar-refractivity contribution is -0.0387. The molecule has 2 heteroatoms. The van der Waals surface area contributed by atoms with Gasteiger partial charge in [0.05, 0.1) is 5.60 Å². The van der Waals surface area contributed by atoms with Gasteiger partial charge in [-0.2, -0.15) is 0 Å². The van der Waals surface area contributed by atoms with Crippen molar-refractivity contribution in [2.45, 2.75) is 38.7 Å². The highest BCUT2D eigenvalue weighted by Gasteiger charge is 2.35. The van der Waals surface area contributed by atoms with Crippen LogP contribution in [0, 0.1) is 0 Å². The van der Waals surface area contributed by atoms with E-state index in [9.17, 15) is 5.11 Å². The number of aliphatic hydroxyl groups is 1. The van der Waals surface area contributed by atoms with Gasteiger partial charge < -0.3 is 10.0 Å². The van der Waals surface area contributed by atoms with Crippen molar-refractivity contribution in [2.24, 2.45) is 0 Å². The van der Waals surface area contributed by atoms with Crippen LogP contribution in [0.15, 0.2) is 24.3 Å². The Balaban J connectivity index is 2.15. The molecule has 0 radical (unpaired) electrons. The Hall–Kier alpha value is -1.02. The van der Waals surface area contributed by atoms with Gasteiger partial charge in [-0.3, -0.25) is 0 Å². The van der Waals surface area contributed by atoms with Crippen LogP contribution in [0.4, 0.5) is 5.69 Å². The van der Waals surface area contributed by atoms with Crippen LogP contribution in [0.3, 0.4) is 0 Å². The van der Waals surface area contributed by atoms with Crippen LogP contribution in [-0.2, 0) is 5.60 Å². The Morgan fingerprint density at radius 3 is 2.06 bits per heavy atom. The molecule has 1 aliphatic rings. The highest BCUT2D eigenvalue weighted by molar-refractivity contribution is 5.48. The molecule has 1 N–H and O–H groups in total. The summed E-state index contributed by atoms with van der Waals surface area (Å²) in [5, 5.41) is 10.2. The summed E-state index contributed by atoms with van der Waals surface area (Å²) >= 11 is 0. The summed E-state index contributed by atoms with van der Waals surface area (Å²) in [7, 11) is 0. The molecule has 2 nitrogen and oxygen atoms in total. The second-order valence-corrected chi connectivity index (χ2v) is 4.60. The van der Waals surface area contributed by atoms with Gasteiger partial charge in [-0.1, -0.05) is 12.1 Å². The molecule has 1 aliphatic carbocycles. The fraction of sp³-hybridized carbons (Fsp3) is 0.571. The van der Waals surface area contributed by atoms with Crippen molar-refractivity contribution in [2.75, 3.05) is 18.0 Å². The van der Waals surface area contributed by atoms with Crippen LogP contribution in [0.1, 0.15) is 38.7 Å². The van der Waals surface area contributed by atoms with Gasteiger partial charge in [0, 0.05) is 18.8 Å². The quantitative estimate of drug-likeness (QED) is 0.841. The molecule has 2 rings (SSSR count). The molecule has 0 aromatic heterocycles. The summed E-state index contributed by atoms with van der Waals surface area (Å²) in [6.07, 6.45) is 2.98. The van der Waals surface area contributed by atoms with Crippen LogP contribution in [-0.4, -0.2) is 18.2 Å². The molecule has 1 aromatic rings. The van der Waals surface area contributed by atoms with Crippen LogP contribution in [0.2, 0.25) is 0 Å². The smallest absolute Gasteiger partial charge is 0.0896 e. The predicted molar refractivity (Wildman–Crippen MR) is 67.8 cm³/mol. The van der Waals surface area contributed by atoms with E-state index in [1.54, 1.807) is 0 Å². The molecule has 16 heavy (non-hydrogen) atoms. The molecule has 0 amide bonds. The molecule has 0 heterocycles. The zero-order valence-corrected chi connectivity index (χ0v) is 10.2. The minimum Gasteiger partial charge on any atom is -0.385 e. The summed E-state index contributed by atoms with van der Waals surface area (Å²) in [6.45, 7) is 6.38. The Labute approximate surface area is 97.9 Å². The van der Waals surface area contributed by atoms with Crippen LogP contribution in [0.25, 0.3) is 0 Å². The van der Waals surface area contributed by atoms with Crippen LogP contribution < -0.4 is 4.90 Å². The van der Waals surface area contributed by atoms with Crippen molar-refractivity contribution in [3.05, 3.63) is 29.8 Å². The van der Waals surface area contributed by atoms with Gasteiger partial charge in [-0.15, -0.1) is 0 Å².